The topological polar surface area (TPSA) is 66.4 Å². The second kappa shape index (κ2) is 7.76. The molecule has 0 amide bonds. The number of hydrogen-bond acceptors (Lipinski definition) is 3. The zero-order valence-corrected chi connectivity index (χ0v) is 13.3. The maximum Gasteiger partial charge on any atom is 0.240 e. The van der Waals surface area contributed by atoms with Gasteiger partial charge in [0.25, 0.3) is 0 Å². The third-order valence-electron chi connectivity index (χ3n) is 3.14. The lowest BCUT2D eigenvalue weighted by molar-refractivity contribution is 0.165. The number of rotatable bonds is 8. The first-order chi connectivity index (χ1) is 9.35. The van der Waals surface area contributed by atoms with Gasteiger partial charge in [-0.25, -0.2) is 13.1 Å². The Labute approximate surface area is 122 Å². The van der Waals surface area contributed by atoms with Gasteiger partial charge in [-0.3, -0.25) is 0 Å². The van der Waals surface area contributed by atoms with Gasteiger partial charge >= 0.3 is 0 Å². The summed E-state index contributed by atoms with van der Waals surface area (Å²) in [6, 6.07) is 7.01. The average Bonchev–Trinajstić information content (AvgIpc) is 2.37. The van der Waals surface area contributed by atoms with Gasteiger partial charge in [-0.1, -0.05) is 32.4 Å². The van der Waals surface area contributed by atoms with E-state index in [0.717, 1.165) is 18.4 Å². The Morgan fingerprint density at radius 1 is 1.20 bits per heavy atom. The highest BCUT2D eigenvalue weighted by Crippen LogP contribution is 2.13. The number of benzene rings is 1. The standard InChI is InChI=1S/C15H25NO3S/c1-4-5-14-6-8-15(9-7-14)20(18,19)16-11-12(2)10-13(3)17/h6-9,12-13,16-17H,4-5,10-11H2,1-3H3. The first kappa shape index (κ1) is 17.1. The van der Waals surface area contributed by atoms with Gasteiger partial charge in [-0.15, -0.1) is 0 Å². The molecule has 0 spiro atoms. The molecule has 5 heteroatoms. The Morgan fingerprint density at radius 3 is 2.30 bits per heavy atom. The molecule has 4 nitrogen and oxygen atoms in total. The quantitative estimate of drug-likeness (QED) is 0.774. The highest BCUT2D eigenvalue weighted by Gasteiger charge is 2.15. The molecule has 114 valence electrons. The molecule has 0 aromatic heterocycles. The van der Waals surface area contributed by atoms with Gasteiger partial charge in [-0.2, -0.15) is 0 Å². The highest BCUT2D eigenvalue weighted by molar-refractivity contribution is 7.89. The Balaban J connectivity index is 2.64. The Kier molecular flexibility index (Phi) is 6.65. The van der Waals surface area contributed by atoms with Crippen LogP contribution < -0.4 is 4.72 Å². The van der Waals surface area contributed by atoms with E-state index in [-0.39, 0.29) is 5.92 Å². The Bertz CT molecular complexity index is 494. The fraction of sp³-hybridized carbons (Fsp3) is 0.600. The molecule has 0 aliphatic heterocycles. The lowest BCUT2D eigenvalue weighted by Gasteiger charge is -2.14. The van der Waals surface area contributed by atoms with E-state index in [1.807, 2.05) is 19.1 Å². The van der Waals surface area contributed by atoms with E-state index in [9.17, 15) is 13.5 Å². The fourth-order valence-corrected chi connectivity index (χ4v) is 3.29. The van der Waals surface area contributed by atoms with Gasteiger partial charge in [0.2, 0.25) is 10.0 Å². The van der Waals surface area contributed by atoms with Crippen molar-refractivity contribution in [2.24, 2.45) is 5.92 Å². The van der Waals surface area contributed by atoms with E-state index in [2.05, 4.69) is 11.6 Å². The maximum atomic E-state index is 12.1. The molecule has 0 fully saturated rings. The van der Waals surface area contributed by atoms with E-state index in [1.165, 1.54) is 0 Å². The molecule has 2 atom stereocenters. The van der Waals surface area contributed by atoms with E-state index >= 15 is 0 Å². The van der Waals surface area contributed by atoms with Gasteiger partial charge in [0.05, 0.1) is 11.0 Å². The summed E-state index contributed by atoms with van der Waals surface area (Å²) in [6.07, 6.45) is 2.17. The number of sulfonamides is 1. The zero-order valence-electron chi connectivity index (χ0n) is 12.5. The van der Waals surface area contributed by atoms with Crippen LogP contribution >= 0.6 is 0 Å². The van der Waals surface area contributed by atoms with Crippen molar-refractivity contribution in [2.45, 2.75) is 51.0 Å². The predicted molar refractivity (Wildman–Crippen MR) is 81.1 cm³/mol. The molecule has 0 saturated heterocycles. The summed E-state index contributed by atoms with van der Waals surface area (Å²) < 4.78 is 26.8. The van der Waals surface area contributed by atoms with Gasteiger partial charge in [0.15, 0.2) is 0 Å². The van der Waals surface area contributed by atoms with E-state index in [4.69, 9.17) is 0 Å². The van der Waals surface area contributed by atoms with Crippen LogP contribution in [0.4, 0.5) is 0 Å². The summed E-state index contributed by atoms with van der Waals surface area (Å²) in [5, 5.41) is 9.27. The molecule has 0 aliphatic rings. The van der Waals surface area contributed by atoms with Gasteiger partial charge < -0.3 is 5.11 Å². The van der Waals surface area contributed by atoms with Crippen molar-refractivity contribution in [1.29, 1.82) is 0 Å². The van der Waals surface area contributed by atoms with Crippen LogP contribution in [0, 0.1) is 5.92 Å². The number of aliphatic hydroxyl groups excluding tert-OH is 1. The van der Waals surface area contributed by atoms with Crippen molar-refractivity contribution in [3.63, 3.8) is 0 Å². The molecule has 0 saturated carbocycles. The molecule has 1 aromatic carbocycles. The van der Waals surface area contributed by atoms with Gasteiger partial charge in [0, 0.05) is 6.54 Å². The molecule has 0 bridgehead atoms. The molecule has 1 aromatic rings. The van der Waals surface area contributed by atoms with Crippen molar-refractivity contribution >= 4 is 10.0 Å². The molecule has 20 heavy (non-hydrogen) atoms. The minimum Gasteiger partial charge on any atom is -0.393 e. The molecule has 0 radical (unpaired) electrons. The lowest BCUT2D eigenvalue weighted by atomic mass is 10.1. The smallest absolute Gasteiger partial charge is 0.240 e. The van der Waals surface area contributed by atoms with Crippen molar-refractivity contribution in [3.8, 4) is 0 Å². The molecule has 2 unspecified atom stereocenters. The molecule has 2 N–H and O–H groups in total. The lowest BCUT2D eigenvalue weighted by Crippen LogP contribution is -2.29. The molecule has 1 rings (SSSR count). The molecular formula is C15H25NO3S. The van der Waals surface area contributed by atoms with Crippen LogP contribution in [0.25, 0.3) is 0 Å². The summed E-state index contributed by atoms with van der Waals surface area (Å²) in [4.78, 5) is 0.293. The van der Waals surface area contributed by atoms with Gasteiger partial charge in [0.1, 0.15) is 0 Å². The minimum absolute atomic E-state index is 0.101. The molecule has 0 aliphatic carbocycles. The molecule has 0 heterocycles. The van der Waals surface area contributed by atoms with Crippen molar-refractivity contribution in [1.82, 2.24) is 4.72 Å². The van der Waals surface area contributed by atoms with E-state index in [0.29, 0.717) is 17.9 Å². The highest BCUT2D eigenvalue weighted by atomic mass is 32.2. The summed E-state index contributed by atoms with van der Waals surface area (Å²) in [6.45, 7) is 6.05. The Morgan fingerprint density at radius 2 is 1.80 bits per heavy atom. The number of nitrogens with one attached hydrogen (secondary N) is 1. The van der Waals surface area contributed by atoms with Crippen LogP contribution in [-0.2, 0) is 16.4 Å². The second-order valence-corrected chi connectivity index (χ2v) is 7.20. The Hall–Kier alpha value is -0.910. The summed E-state index contributed by atoms with van der Waals surface area (Å²) in [5.41, 5.74) is 1.15. The predicted octanol–water partition coefficient (Wildman–Crippen LogP) is 2.32. The van der Waals surface area contributed by atoms with Crippen LogP contribution in [0.5, 0.6) is 0 Å². The van der Waals surface area contributed by atoms with Crippen molar-refractivity contribution in [3.05, 3.63) is 29.8 Å². The van der Waals surface area contributed by atoms with E-state index < -0.39 is 16.1 Å². The maximum absolute atomic E-state index is 12.1. The summed E-state index contributed by atoms with van der Waals surface area (Å²) in [7, 11) is -3.45. The van der Waals surface area contributed by atoms with Crippen molar-refractivity contribution < 1.29 is 13.5 Å². The average molecular weight is 299 g/mol. The number of aliphatic hydroxyl groups is 1. The van der Waals surface area contributed by atoms with Crippen LogP contribution in [0.2, 0.25) is 0 Å². The minimum atomic E-state index is -3.45. The normalized spacial score (nSPS) is 15.0. The second-order valence-electron chi connectivity index (χ2n) is 5.44. The third kappa shape index (κ3) is 5.61. The summed E-state index contributed by atoms with van der Waals surface area (Å²) >= 11 is 0. The van der Waals surface area contributed by atoms with Crippen LogP contribution in [-0.4, -0.2) is 26.2 Å². The SMILES string of the molecule is CCCc1ccc(S(=O)(=O)NCC(C)CC(C)O)cc1. The first-order valence-corrected chi connectivity index (χ1v) is 8.60. The monoisotopic (exact) mass is 299 g/mol. The van der Waals surface area contributed by atoms with Crippen molar-refractivity contribution in [2.75, 3.05) is 6.54 Å². The first-order valence-electron chi connectivity index (χ1n) is 7.11. The third-order valence-corrected chi connectivity index (χ3v) is 4.58. The zero-order chi connectivity index (χ0) is 15.2. The number of hydrogen-bond donors (Lipinski definition) is 2. The van der Waals surface area contributed by atoms with Crippen LogP contribution in [0.3, 0.4) is 0 Å². The van der Waals surface area contributed by atoms with E-state index in [1.54, 1.807) is 19.1 Å². The van der Waals surface area contributed by atoms with Gasteiger partial charge in [-0.05, 0) is 43.4 Å². The largest absolute Gasteiger partial charge is 0.393 e. The van der Waals surface area contributed by atoms with Crippen LogP contribution in [0.15, 0.2) is 29.2 Å². The van der Waals surface area contributed by atoms with Crippen LogP contribution in [0.1, 0.15) is 39.2 Å². The fourth-order valence-electron chi connectivity index (χ4n) is 2.12. The summed E-state index contributed by atoms with van der Waals surface area (Å²) in [5.74, 6) is 0.101. The number of aryl methyl sites for hydroxylation is 1. The molecular weight excluding hydrogens is 274 g/mol.